The first-order valence-electron chi connectivity index (χ1n) is 6.27. The molecule has 0 bridgehead atoms. The lowest BCUT2D eigenvalue weighted by molar-refractivity contribution is 0.759. The van der Waals surface area contributed by atoms with Crippen LogP contribution in [-0.2, 0) is 0 Å². The molecule has 3 nitrogen and oxygen atoms in total. The van der Waals surface area contributed by atoms with E-state index < -0.39 is 0 Å². The van der Waals surface area contributed by atoms with E-state index in [4.69, 9.17) is 0 Å². The molecular formula is C13H21N3. The highest BCUT2D eigenvalue weighted by Crippen LogP contribution is 2.20. The zero-order valence-electron chi connectivity index (χ0n) is 10.2. The third kappa shape index (κ3) is 2.65. The van der Waals surface area contributed by atoms with Crippen molar-refractivity contribution in [3.05, 3.63) is 18.3 Å². The van der Waals surface area contributed by atoms with Gasteiger partial charge in [0.15, 0.2) is 0 Å². The molecule has 0 amide bonds. The van der Waals surface area contributed by atoms with E-state index in [-0.39, 0.29) is 0 Å². The average Bonchev–Trinajstić information content (AvgIpc) is 2.83. The number of nitrogens with one attached hydrogen (secondary N) is 1. The summed E-state index contributed by atoms with van der Waals surface area (Å²) < 4.78 is 0. The normalized spacial score (nSPS) is 17.5. The molecule has 1 aliphatic heterocycles. The van der Waals surface area contributed by atoms with Crippen molar-refractivity contribution in [3.63, 3.8) is 0 Å². The molecule has 0 aromatic carbocycles. The van der Waals surface area contributed by atoms with Crippen LogP contribution in [0.5, 0.6) is 0 Å². The van der Waals surface area contributed by atoms with E-state index in [0.717, 1.165) is 12.2 Å². The third-order valence-electron chi connectivity index (χ3n) is 3.23. The molecule has 1 N–H and O–H groups in total. The number of hydrogen-bond donors (Lipinski definition) is 1. The van der Waals surface area contributed by atoms with Crippen molar-refractivity contribution >= 4 is 11.5 Å². The van der Waals surface area contributed by atoms with Crippen molar-refractivity contribution in [2.75, 3.05) is 23.3 Å². The van der Waals surface area contributed by atoms with Crippen LogP contribution >= 0.6 is 0 Å². The van der Waals surface area contributed by atoms with E-state index in [1.54, 1.807) is 0 Å². The first-order chi connectivity index (χ1) is 7.79. The van der Waals surface area contributed by atoms with Gasteiger partial charge in [0.05, 0.1) is 11.9 Å². The van der Waals surface area contributed by atoms with Crippen LogP contribution in [0.3, 0.4) is 0 Å². The van der Waals surface area contributed by atoms with Crippen molar-refractivity contribution in [2.24, 2.45) is 0 Å². The van der Waals surface area contributed by atoms with Gasteiger partial charge >= 0.3 is 0 Å². The first kappa shape index (κ1) is 11.2. The predicted octanol–water partition coefficient (Wildman–Crippen LogP) is 2.89. The summed E-state index contributed by atoms with van der Waals surface area (Å²) >= 11 is 0. The van der Waals surface area contributed by atoms with Crippen molar-refractivity contribution in [1.82, 2.24) is 4.98 Å². The van der Waals surface area contributed by atoms with Gasteiger partial charge in [-0.3, -0.25) is 0 Å². The standard InChI is InChI=1S/C13H21N3/c1-3-11(2)15-13-7-6-12(10-14-13)16-8-4-5-9-16/h6-7,10-11H,3-5,8-9H2,1-2H3,(H,14,15). The Morgan fingerprint density at radius 3 is 2.69 bits per heavy atom. The Balaban J connectivity index is 1.98. The minimum Gasteiger partial charge on any atom is -0.370 e. The molecule has 1 fully saturated rings. The molecule has 2 heterocycles. The Bertz CT molecular complexity index is 314. The fourth-order valence-electron chi connectivity index (χ4n) is 1.99. The zero-order chi connectivity index (χ0) is 11.4. The van der Waals surface area contributed by atoms with Crippen LogP contribution in [0.1, 0.15) is 33.1 Å². The smallest absolute Gasteiger partial charge is 0.126 e. The highest BCUT2D eigenvalue weighted by molar-refractivity contribution is 5.50. The molecule has 1 aromatic heterocycles. The molecule has 1 saturated heterocycles. The molecule has 16 heavy (non-hydrogen) atoms. The maximum absolute atomic E-state index is 4.46. The molecule has 0 aliphatic carbocycles. The Hall–Kier alpha value is -1.25. The molecule has 0 saturated carbocycles. The van der Waals surface area contributed by atoms with Gasteiger partial charge in [-0.1, -0.05) is 6.92 Å². The van der Waals surface area contributed by atoms with E-state index in [1.807, 2.05) is 6.20 Å². The lowest BCUT2D eigenvalue weighted by Crippen LogP contribution is -2.18. The second kappa shape index (κ2) is 5.19. The van der Waals surface area contributed by atoms with E-state index in [0.29, 0.717) is 6.04 Å². The summed E-state index contributed by atoms with van der Waals surface area (Å²) in [4.78, 5) is 6.86. The van der Waals surface area contributed by atoms with E-state index in [9.17, 15) is 0 Å². The van der Waals surface area contributed by atoms with Crippen molar-refractivity contribution in [2.45, 2.75) is 39.2 Å². The minimum absolute atomic E-state index is 0.491. The minimum atomic E-state index is 0.491. The summed E-state index contributed by atoms with van der Waals surface area (Å²) in [5.74, 6) is 0.984. The van der Waals surface area contributed by atoms with E-state index >= 15 is 0 Å². The molecule has 0 radical (unpaired) electrons. The van der Waals surface area contributed by atoms with Gasteiger partial charge in [-0.05, 0) is 38.3 Å². The fourth-order valence-corrected chi connectivity index (χ4v) is 1.99. The second-order valence-corrected chi connectivity index (χ2v) is 4.55. The highest BCUT2D eigenvalue weighted by atomic mass is 15.2. The first-order valence-corrected chi connectivity index (χ1v) is 6.27. The number of pyridine rings is 1. The number of hydrogen-bond acceptors (Lipinski definition) is 3. The van der Waals surface area contributed by atoms with Gasteiger partial charge in [-0.25, -0.2) is 4.98 Å². The number of anilines is 2. The molecule has 3 heteroatoms. The molecule has 1 aliphatic rings. The summed E-state index contributed by atoms with van der Waals surface area (Å²) in [6.45, 7) is 6.71. The van der Waals surface area contributed by atoms with Crippen LogP contribution in [0.2, 0.25) is 0 Å². The quantitative estimate of drug-likeness (QED) is 0.844. The van der Waals surface area contributed by atoms with Crippen LogP contribution in [-0.4, -0.2) is 24.1 Å². The van der Waals surface area contributed by atoms with Gasteiger partial charge in [0.25, 0.3) is 0 Å². The van der Waals surface area contributed by atoms with Gasteiger partial charge in [-0.15, -0.1) is 0 Å². The van der Waals surface area contributed by atoms with Crippen molar-refractivity contribution < 1.29 is 0 Å². The molecule has 1 aromatic rings. The van der Waals surface area contributed by atoms with Gasteiger partial charge < -0.3 is 10.2 Å². The maximum Gasteiger partial charge on any atom is 0.126 e. The van der Waals surface area contributed by atoms with Gasteiger partial charge in [0, 0.05) is 19.1 Å². The van der Waals surface area contributed by atoms with Crippen LogP contribution in [0.4, 0.5) is 11.5 Å². The zero-order valence-corrected chi connectivity index (χ0v) is 10.2. The van der Waals surface area contributed by atoms with Crippen LogP contribution < -0.4 is 10.2 Å². The summed E-state index contributed by atoms with van der Waals surface area (Å²) in [5.41, 5.74) is 1.26. The molecule has 1 unspecified atom stereocenters. The highest BCUT2D eigenvalue weighted by Gasteiger charge is 2.12. The molecule has 1 atom stereocenters. The van der Waals surface area contributed by atoms with Crippen molar-refractivity contribution in [1.29, 1.82) is 0 Å². The van der Waals surface area contributed by atoms with Gasteiger partial charge in [0.1, 0.15) is 5.82 Å². The Morgan fingerprint density at radius 2 is 2.12 bits per heavy atom. The average molecular weight is 219 g/mol. The number of nitrogens with zero attached hydrogens (tertiary/aromatic N) is 2. The lowest BCUT2D eigenvalue weighted by atomic mass is 10.2. The molecule has 2 rings (SSSR count). The third-order valence-corrected chi connectivity index (χ3v) is 3.23. The van der Waals surface area contributed by atoms with Crippen LogP contribution in [0.25, 0.3) is 0 Å². The van der Waals surface area contributed by atoms with Crippen LogP contribution in [0.15, 0.2) is 18.3 Å². The van der Waals surface area contributed by atoms with Crippen LogP contribution in [0, 0.1) is 0 Å². The number of aromatic nitrogens is 1. The maximum atomic E-state index is 4.46. The predicted molar refractivity (Wildman–Crippen MR) is 69.1 cm³/mol. The second-order valence-electron chi connectivity index (χ2n) is 4.55. The summed E-state index contributed by atoms with van der Waals surface area (Å²) in [5, 5.41) is 3.38. The van der Waals surface area contributed by atoms with E-state index in [2.05, 4.69) is 41.2 Å². The topological polar surface area (TPSA) is 28.2 Å². The Morgan fingerprint density at radius 1 is 1.38 bits per heavy atom. The largest absolute Gasteiger partial charge is 0.370 e. The Kier molecular flexibility index (Phi) is 3.65. The summed E-state index contributed by atoms with van der Waals surface area (Å²) in [6.07, 6.45) is 5.73. The monoisotopic (exact) mass is 219 g/mol. The molecular weight excluding hydrogens is 198 g/mol. The molecule has 0 spiro atoms. The summed E-state index contributed by atoms with van der Waals surface area (Å²) in [7, 11) is 0. The van der Waals surface area contributed by atoms with Crippen molar-refractivity contribution in [3.8, 4) is 0 Å². The molecule has 88 valence electrons. The summed E-state index contributed by atoms with van der Waals surface area (Å²) in [6, 6.07) is 4.74. The fraction of sp³-hybridized carbons (Fsp3) is 0.615. The Labute approximate surface area is 97.9 Å². The van der Waals surface area contributed by atoms with E-state index in [1.165, 1.54) is 31.6 Å². The SMILES string of the molecule is CCC(C)Nc1ccc(N2CCCC2)cn1. The van der Waals surface area contributed by atoms with Gasteiger partial charge in [-0.2, -0.15) is 0 Å². The lowest BCUT2D eigenvalue weighted by Gasteiger charge is -2.18. The van der Waals surface area contributed by atoms with Gasteiger partial charge in [0.2, 0.25) is 0 Å². The number of rotatable bonds is 4.